The molecule has 1 aliphatic rings. The van der Waals surface area contributed by atoms with Gasteiger partial charge in [0.1, 0.15) is 0 Å². The van der Waals surface area contributed by atoms with E-state index in [2.05, 4.69) is 27.8 Å². The fourth-order valence-corrected chi connectivity index (χ4v) is 2.02. The van der Waals surface area contributed by atoms with Crippen molar-refractivity contribution in [1.82, 2.24) is 20.4 Å². The summed E-state index contributed by atoms with van der Waals surface area (Å²) in [6.07, 6.45) is 1.47. The number of aromatic nitrogens is 2. The average Bonchev–Trinajstić information content (AvgIpc) is 2.96. The smallest absolute Gasteiger partial charge is 0.315 e. The Kier molecular flexibility index (Phi) is 6.42. The summed E-state index contributed by atoms with van der Waals surface area (Å²) in [7, 11) is 0. The SMILES string of the molecule is CCCNCc1nnc(NCCC(=O)N2CCOCC2)o1. The predicted molar refractivity (Wildman–Crippen MR) is 76.8 cm³/mol. The number of nitrogens with zero attached hydrogens (tertiary/aromatic N) is 3. The van der Waals surface area contributed by atoms with Crippen molar-refractivity contribution in [2.75, 3.05) is 44.7 Å². The van der Waals surface area contributed by atoms with Crippen molar-refractivity contribution < 1.29 is 13.9 Å². The number of hydrogen-bond donors (Lipinski definition) is 2. The van der Waals surface area contributed by atoms with Gasteiger partial charge in [0.15, 0.2) is 0 Å². The summed E-state index contributed by atoms with van der Waals surface area (Å²) in [5.41, 5.74) is 0. The minimum atomic E-state index is 0.121. The summed E-state index contributed by atoms with van der Waals surface area (Å²) in [4.78, 5) is 13.7. The summed E-state index contributed by atoms with van der Waals surface area (Å²) < 4.78 is 10.6. The molecule has 0 spiro atoms. The highest BCUT2D eigenvalue weighted by Crippen LogP contribution is 2.06. The van der Waals surface area contributed by atoms with Crippen molar-refractivity contribution in [2.45, 2.75) is 26.3 Å². The van der Waals surface area contributed by atoms with Crippen LogP contribution in [0, 0.1) is 0 Å². The molecule has 2 rings (SSSR count). The van der Waals surface area contributed by atoms with E-state index < -0.39 is 0 Å². The van der Waals surface area contributed by atoms with E-state index in [-0.39, 0.29) is 5.91 Å². The van der Waals surface area contributed by atoms with Gasteiger partial charge in [0, 0.05) is 26.1 Å². The Morgan fingerprint density at radius 2 is 2.10 bits per heavy atom. The molecule has 8 nitrogen and oxygen atoms in total. The quantitative estimate of drug-likeness (QED) is 0.663. The monoisotopic (exact) mass is 297 g/mol. The Bertz CT molecular complexity index is 431. The van der Waals surface area contributed by atoms with Crippen molar-refractivity contribution in [3.63, 3.8) is 0 Å². The standard InChI is InChI=1S/C13H23N5O3/c1-2-4-14-10-11-16-17-13(21-11)15-5-3-12(19)18-6-8-20-9-7-18/h14H,2-10H2,1H3,(H,15,17). The van der Waals surface area contributed by atoms with E-state index in [4.69, 9.17) is 9.15 Å². The van der Waals surface area contributed by atoms with Gasteiger partial charge in [-0.05, 0) is 13.0 Å². The van der Waals surface area contributed by atoms with Crippen molar-refractivity contribution >= 4 is 11.9 Å². The number of ether oxygens (including phenoxy) is 1. The van der Waals surface area contributed by atoms with Gasteiger partial charge < -0.3 is 24.7 Å². The summed E-state index contributed by atoms with van der Waals surface area (Å²) in [5.74, 6) is 0.667. The van der Waals surface area contributed by atoms with Crippen LogP contribution in [0.4, 0.5) is 6.01 Å². The number of carbonyl (C=O) groups is 1. The van der Waals surface area contributed by atoms with Gasteiger partial charge in [-0.25, -0.2) is 0 Å². The molecule has 0 atom stereocenters. The van der Waals surface area contributed by atoms with Crippen LogP contribution in [-0.4, -0.2) is 60.4 Å². The molecule has 1 aliphatic heterocycles. The van der Waals surface area contributed by atoms with Crippen molar-refractivity contribution in [3.8, 4) is 0 Å². The normalized spacial score (nSPS) is 15.2. The highest BCUT2D eigenvalue weighted by molar-refractivity contribution is 5.76. The van der Waals surface area contributed by atoms with E-state index in [1.807, 2.05) is 4.90 Å². The molecule has 0 unspecified atom stereocenters. The maximum atomic E-state index is 11.9. The van der Waals surface area contributed by atoms with Crippen LogP contribution in [0.2, 0.25) is 0 Å². The Hall–Kier alpha value is -1.67. The van der Waals surface area contributed by atoms with Crippen LogP contribution in [0.25, 0.3) is 0 Å². The molecule has 118 valence electrons. The molecule has 1 aromatic heterocycles. The molecule has 1 amide bonds. The lowest BCUT2D eigenvalue weighted by Gasteiger charge is -2.26. The van der Waals surface area contributed by atoms with Gasteiger partial charge in [-0.1, -0.05) is 12.0 Å². The maximum Gasteiger partial charge on any atom is 0.315 e. The van der Waals surface area contributed by atoms with Gasteiger partial charge >= 0.3 is 6.01 Å². The molecule has 2 N–H and O–H groups in total. The van der Waals surface area contributed by atoms with Crippen LogP contribution in [0.15, 0.2) is 4.42 Å². The molecule has 1 aromatic rings. The van der Waals surface area contributed by atoms with Crippen molar-refractivity contribution in [1.29, 1.82) is 0 Å². The largest absolute Gasteiger partial charge is 0.407 e. The molecular formula is C13H23N5O3. The lowest BCUT2D eigenvalue weighted by Crippen LogP contribution is -2.41. The summed E-state index contributed by atoms with van der Waals surface area (Å²) in [5, 5.41) is 14.0. The van der Waals surface area contributed by atoms with E-state index >= 15 is 0 Å². The molecule has 0 saturated carbocycles. The second kappa shape index (κ2) is 8.58. The van der Waals surface area contributed by atoms with E-state index in [9.17, 15) is 4.79 Å². The fraction of sp³-hybridized carbons (Fsp3) is 0.769. The first-order chi connectivity index (χ1) is 10.3. The summed E-state index contributed by atoms with van der Waals surface area (Å²) in [6.45, 7) is 6.65. The van der Waals surface area contributed by atoms with E-state index in [1.54, 1.807) is 0 Å². The molecule has 2 heterocycles. The highest BCUT2D eigenvalue weighted by Gasteiger charge is 2.16. The Morgan fingerprint density at radius 3 is 2.86 bits per heavy atom. The first-order valence-corrected chi connectivity index (χ1v) is 7.42. The number of carbonyl (C=O) groups excluding carboxylic acids is 1. The van der Waals surface area contributed by atoms with Gasteiger partial charge in [-0.15, -0.1) is 5.10 Å². The van der Waals surface area contributed by atoms with Crippen molar-refractivity contribution in [3.05, 3.63) is 5.89 Å². The fourth-order valence-electron chi connectivity index (χ4n) is 2.02. The molecule has 1 saturated heterocycles. The molecule has 21 heavy (non-hydrogen) atoms. The predicted octanol–water partition coefficient (Wildman–Crippen LogP) is 0.230. The van der Waals surface area contributed by atoms with E-state index in [0.29, 0.717) is 57.7 Å². The number of hydrogen-bond acceptors (Lipinski definition) is 7. The van der Waals surface area contributed by atoms with Gasteiger partial charge in [0.2, 0.25) is 11.8 Å². The molecule has 0 aliphatic carbocycles. The van der Waals surface area contributed by atoms with Crippen LogP contribution in [0.3, 0.4) is 0 Å². The minimum Gasteiger partial charge on any atom is -0.407 e. The Labute approximate surface area is 124 Å². The van der Waals surface area contributed by atoms with Crippen LogP contribution in [0.5, 0.6) is 0 Å². The Morgan fingerprint density at radius 1 is 1.29 bits per heavy atom. The molecule has 1 fully saturated rings. The lowest BCUT2D eigenvalue weighted by atomic mass is 10.3. The summed E-state index contributed by atoms with van der Waals surface area (Å²) >= 11 is 0. The topological polar surface area (TPSA) is 92.5 Å². The van der Waals surface area contributed by atoms with Gasteiger partial charge in [0.05, 0.1) is 19.8 Å². The number of nitrogens with one attached hydrogen (secondary N) is 2. The third-order valence-electron chi connectivity index (χ3n) is 3.15. The minimum absolute atomic E-state index is 0.121. The maximum absolute atomic E-state index is 11.9. The molecule has 0 radical (unpaired) electrons. The van der Waals surface area contributed by atoms with Crippen LogP contribution in [0.1, 0.15) is 25.7 Å². The molecule has 0 aromatic carbocycles. The van der Waals surface area contributed by atoms with Crippen LogP contribution < -0.4 is 10.6 Å². The third kappa shape index (κ3) is 5.31. The summed E-state index contributed by atoms with van der Waals surface area (Å²) in [6, 6.07) is 0.359. The van der Waals surface area contributed by atoms with Crippen LogP contribution >= 0.6 is 0 Å². The van der Waals surface area contributed by atoms with E-state index in [1.165, 1.54) is 0 Å². The number of anilines is 1. The van der Waals surface area contributed by atoms with Gasteiger partial charge in [-0.2, -0.15) is 0 Å². The zero-order valence-electron chi connectivity index (χ0n) is 12.4. The number of morpholine rings is 1. The Balaban J connectivity index is 1.64. The average molecular weight is 297 g/mol. The van der Waals surface area contributed by atoms with Gasteiger partial charge in [0.25, 0.3) is 0 Å². The molecule has 0 bridgehead atoms. The lowest BCUT2D eigenvalue weighted by molar-refractivity contribution is -0.134. The van der Waals surface area contributed by atoms with E-state index in [0.717, 1.165) is 13.0 Å². The molecular weight excluding hydrogens is 274 g/mol. The van der Waals surface area contributed by atoms with Crippen molar-refractivity contribution in [2.24, 2.45) is 0 Å². The first kappa shape index (κ1) is 15.7. The molecule has 8 heteroatoms. The zero-order valence-corrected chi connectivity index (χ0v) is 12.4. The zero-order chi connectivity index (χ0) is 14.9. The van der Waals surface area contributed by atoms with Crippen LogP contribution in [-0.2, 0) is 16.1 Å². The highest BCUT2D eigenvalue weighted by atomic mass is 16.5. The number of rotatable bonds is 8. The second-order valence-corrected chi connectivity index (χ2v) is 4.85. The first-order valence-electron chi connectivity index (χ1n) is 7.42. The van der Waals surface area contributed by atoms with Gasteiger partial charge in [-0.3, -0.25) is 4.79 Å². The third-order valence-corrected chi connectivity index (χ3v) is 3.15. The second-order valence-electron chi connectivity index (χ2n) is 4.85. The number of amides is 1.